The highest BCUT2D eigenvalue weighted by Gasteiger charge is 2.27. The van der Waals surface area contributed by atoms with Gasteiger partial charge in [0.15, 0.2) is 0 Å². The van der Waals surface area contributed by atoms with Gasteiger partial charge in [-0.25, -0.2) is 0 Å². The predicted molar refractivity (Wildman–Crippen MR) is 108 cm³/mol. The molecule has 0 N–H and O–H groups in total. The van der Waals surface area contributed by atoms with Crippen molar-refractivity contribution >= 4 is 0 Å². The maximum Gasteiger partial charge on any atom is 0.147 e. The van der Waals surface area contributed by atoms with Crippen LogP contribution < -0.4 is 0 Å². The first-order valence-electron chi connectivity index (χ1n) is 10.7. The van der Waals surface area contributed by atoms with Crippen molar-refractivity contribution in [3.05, 3.63) is 23.3 Å². The van der Waals surface area contributed by atoms with Crippen LogP contribution in [-0.4, -0.2) is 65.0 Å². The van der Waals surface area contributed by atoms with E-state index < -0.39 is 0 Å². The van der Waals surface area contributed by atoms with Crippen molar-refractivity contribution in [2.24, 2.45) is 0 Å². The first-order chi connectivity index (χ1) is 13.4. The van der Waals surface area contributed by atoms with Gasteiger partial charge in [-0.05, 0) is 13.3 Å². The van der Waals surface area contributed by atoms with Gasteiger partial charge in [-0.2, -0.15) is 0 Å². The molecule has 0 fully saturated rings. The first kappa shape index (κ1) is 19.5. The molecular weight excluding hydrogens is 352 g/mol. The molecule has 0 radical (unpaired) electrons. The van der Waals surface area contributed by atoms with Crippen LogP contribution in [0.5, 0.6) is 0 Å². The van der Waals surface area contributed by atoms with Gasteiger partial charge < -0.3 is 9.13 Å². The Labute approximate surface area is 167 Å². The van der Waals surface area contributed by atoms with Crippen molar-refractivity contribution in [3.8, 4) is 0 Å². The molecule has 8 heteroatoms. The summed E-state index contributed by atoms with van der Waals surface area (Å²) in [6, 6.07) is 0.541. The van der Waals surface area contributed by atoms with Crippen LogP contribution in [0, 0.1) is 0 Å². The maximum atomic E-state index is 4.44. The van der Waals surface area contributed by atoms with Gasteiger partial charge >= 0.3 is 0 Å². The van der Waals surface area contributed by atoms with E-state index in [2.05, 4.69) is 73.9 Å². The standard InChI is InChI=1S/C20H34N8/c1-14(2)19-23-21-17-12-25(8-10-27(17)19)7-6-16(5)26-9-11-28-18(13-26)22-24-20(28)15(3)4/h14-16H,6-13H2,1-5H3. The van der Waals surface area contributed by atoms with E-state index in [0.29, 0.717) is 17.9 Å². The summed E-state index contributed by atoms with van der Waals surface area (Å²) in [6.07, 6.45) is 1.16. The highest BCUT2D eigenvalue weighted by Crippen LogP contribution is 2.22. The van der Waals surface area contributed by atoms with Gasteiger partial charge in [0.2, 0.25) is 0 Å². The zero-order chi connectivity index (χ0) is 19.8. The van der Waals surface area contributed by atoms with Gasteiger partial charge in [-0.3, -0.25) is 9.80 Å². The molecule has 0 saturated heterocycles. The van der Waals surface area contributed by atoms with E-state index in [1.54, 1.807) is 0 Å². The Kier molecular flexibility index (Phi) is 5.51. The van der Waals surface area contributed by atoms with Crippen molar-refractivity contribution < 1.29 is 0 Å². The van der Waals surface area contributed by atoms with E-state index in [4.69, 9.17) is 0 Å². The summed E-state index contributed by atoms with van der Waals surface area (Å²) in [4.78, 5) is 5.07. The Bertz CT molecular complexity index is 805. The summed E-state index contributed by atoms with van der Waals surface area (Å²) in [5.41, 5.74) is 0. The van der Waals surface area contributed by atoms with Crippen LogP contribution in [0.4, 0.5) is 0 Å². The third-order valence-electron chi connectivity index (χ3n) is 6.19. The lowest BCUT2D eigenvalue weighted by Crippen LogP contribution is -2.42. The maximum absolute atomic E-state index is 4.44. The second-order valence-electron chi connectivity index (χ2n) is 8.95. The Morgan fingerprint density at radius 2 is 1.29 bits per heavy atom. The van der Waals surface area contributed by atoms with Gasteiger partial charge in [0.1, 0.15) is 23.3 Å². The van der Waals surface area contributed by atoms with Crippen LogP contribution in [0.2, 0.25) is 0 Å². The summed E-state index contributed by atoms with van der Waals surface area (Å²) in [7, 11) is 0. The van der Waals surface area contributed by atoms with E-state index in [-0.39, 0.29) is 0 Å². The van der Waals surface area contributed by atoms with Gasteiger partial charge in [-0.15, -0.1) is 20.4 Å². The number of fused-ring (bicyclic) bond motifs is 2. The Morgan fingerprint density at radius 3 is 1.89 bits per heavy atom. The fourth-order valence-electron chi connectivity index (χ4n) is 4.40. The van der Waals surface area contributed by atoms with Crippen molar-refractivity contribution in [2.45, 2.75) is 85.1 Å². The number of hydrogen-bond acceptors (Lipinski definition) is 6. The van der Waals surface area contributed by atoms with E-state index in [1.807, 2.05) is 0 Å². The van der Waals surface area contributed by atoms with Crippen LogP contribution in [0.15, 0.2) is 0 Å². The number of nitrogens with zero attached hydrogens (tertiary/aromatic N) is 8. The van der Waals surface area contributed by atoms with Crippen LogP contribution in [0.3, 0.4) is 0 Å². The molecule has 0 bridgehead atoms. The van der Waals surface area contributed by atoms with Crippen LogP contribution >= 0.6 is 0 Å². The number of aromatic nitrogens is 6. The van der Waals surface area contributed by atoms with Gasteiger partial charge in [0.05, 0.1) is 13.1 Å². The normalized spacial score (nSPS) is 19.2. The number of rotatable bonds is 6. The summed E-state index contributed by atoms with van der Waals surface area (Å²) in [6.45, 7) is 18.2. The Hall–Kier alpha value is -1.80. The highest BCUT2D eigenvalue weighted by molar-refractivity contribution is 5.04. The monoisotopic (exact) mass is 386 g/mol. The molecule has 0 amide bonds. The summed E-state index contributed by atoms with van der Waals surface area (Å²) in [5, 5.41) is 17.7. The van der Waals surface area contributed by atoms with Crippen LogP contribution in [0.25, 0.3) is 0 Å². The fourth-order valence-corrected chi connectivity index (χ4v) is 4.40. The van der Waals surface area contributed by atoms with Crippen molar-refractivity contribution in [2.75, 3.05) is 19.6 Å². The zero-order valence-corrected chi connectivity index (χ0v) is 18.0. The third-order valence-corrected chi connectivity index (χ3v) is 6.19. The smallest absolute Gasteiger partial charge is 0.147 e. The molecule has 28 heavy (non-hydrogen) atoms. The Balaban J connectivity index is 1.31. The molecule has 154 valence electrons. The van der Waals surface area contributed by atoms with E-state index in [1.165, 1.54) is 0 Å². The minimum absolute atomic E-state index is 0.433. The second-order valence-corrected chi connectivity index (χ2v) is 8.95. The lowest BCUT2D eigenvalue weighted by Gasteiger charge is -2.35. The number of hydrogen-bond donors (Lipinski definition) is 0. The first-order valence-corrected chi connectivity index (χ1v) is 10.7. The van der Waals surface area contributed by atoms with Crippen LogP contribution in [0.1, 0.15) is 76.2 Å². The zero-order valence-electron chi connectivity index (χ0n) is 18.0. The minimum Gasteiger partial charge on any atom is -0.312 e. The topological polar surface area (TPSA) is 67.9 Å². The van der Waals surface area contributed by atoms with Crippen molar-refractivity contribution in [1.82, 2.24) is 39.3 Å². The van der Waals surface area contributed by atoms with E-state index in [0.717, 1.165) is 75.5 Å². The molecule has 0 spiro atoms. The van der Waals surface area contributed by atoms with Gasteiger partial charge in [0.25, 0.3) is 0 Å². The molecule has 2 aromatic heterocycles. The SMILES string of the molecule is CC(C)c1nnc2n1CCN(CCC(C)N1CCn3c(nnc3C(C)C)C1)C2. The molecular formula is C20H34N8. The molecule has 1 atom stereocenters. The fraction of sp³-hybridized carbons (Fsp3) is 0.800. The largest absolute Gasteiger partial charge is 0.312 e. The molecule has 2 aliphatic rings. The van der Waals surface area contributed by atoms with E-state index in [9.17, 15) is 0 Å². The molecule has 2 aromatic rings. The van der Waals surface area contributed by atoms with Crippen molar-refractivity contribution in [1.29, 1.82) is 0 Å². The predicted octanol–water partition coefficient (Wildman–Crippen LogP) is 2.23. The molecule has 1 unspecified atom stereocenters. The van der Waals surface area contributed by atoms with Crippen molar-refractivity contribution in [3.63, 3.8) is 0 Å². The quantitative estimate of drug-likeness (QED) is 0.758. The molecule has 0 aliphatic carbocycles. The molecule has 2 aliphatic heterocycles. The molecule has 8 nitrogen and oxygen atoms in total. The summed E-state index contributed by atoms with van der Waals surface area (Å²) in [5.74, 6) is 5.36. The molecule has 4 heterocycles. The lowest BCUT2D eigenvalue weighted by atomic mass is 10.1. The average Bonchev–Trinajstić information content (AvgIpc) is 3.29. The molecule has 4 rings (SSSR count). The highest BCUT2D eigenvalue weighted by atomic mass is 15.4. The molecule has 0 aromatic carbocycles. The molecule has 0 saturated carbocycles. The second kappa shape index (κ2) is 7.91. The Morgan fingerprint density at radius 1 is 0.714 bits per heavy atom. The third kappa shape index (κ3) is 3.72. The van der Waals surface area contributed by atoms with Gasteiger partial charge in [-0.1, -0.05) is 27.7 Å². The van der Waals surface area contributed by atoms with Gasteiger partial charge in [0, 0.05) is 50.6 Å². The van der Waals surface area contributed by atoms with Crippen LogP contribution in [-0.2, 0) is 26.2 Å². The minimum atomic E-state index is 0.433. The average molecular weight is 387 g/mol. The van der Waals surface area contributed by atoms with E-state index >= 15 is 0 Å². The summed E-state index contributed by atoms with van der Waals surface area (Å²) < 4.78 is 4.63. The lowest BCUT2D eigenvalue weighted by molar-refractivity contribution is 0.131. The summed E-state index contributed by atoms with van der Waals surface area (Å²) >= 11 is 0.